The molecule has 0 radical (unpaired) electrons. The average molecular weight is 388 g/mol. The fourth-order valence-electron chi connectivity index (χ4n) is 4.50. The molecule has 148 valence electrons. The SMILES string of the molecule is CC(C)(C)OC(=O)N1[C@@H]2CC[C@H]1CC(CN1CC(S(N)(=O)=O)CC1=O)C2. The summed E-state index contributed by atoms with van der Waals surface area (Å²) in [6.07, 6.45) is 3.26. The van der Waals surface area contributed by atoms with Gasteiger partial charge in [-0.3, -0.25) is 4.79 Å². The number of primary sulfonamides is 1. The predicted molar refractivity (Wildman–Crippen MR) is 95.7 cm³/mol. The zero-order valence-electron chi connectivity index (χ0n) is 15.7. The summed E-state index contributed by atoms with van der Waals surface area (Å²) in [5.41, 5.74) is -0.516. The number of carbonyl (C=O) groups is 2. The standard InChI is InChI=1S/C17H29N3O5S/c1-17(2,3)25-16(22)20-12-4-5-13(20)7-11(6-12)9-19-10-14(8-15(19)21)26(18,23)24/h11-14H,4-10H2,1-3H3,(H2,18,23,24)/t11?,12-,13+,14?. The van der Waals surface area contributed by atoms with Crippen molar-refractivity contribution in [2.45, 2.75) is 75.8 Å². The lowest BCUT2D eigenvalue weighted by atomic mass is 9.90. The Kier molecular flexibility index (Phi) is 4.98. The summed E-state index contributed by atoms with van der Waals surface area (Å²) in [7, 11) is -3.69. The van der Waals surface area contributed by atoms with E-state index in [1.54, 1.807) is 4.90 Å². The number of hydrogen-bond acceptors (Lipinski definition) is 5. The molecule has 0 spiro atoms. The number of piperidine rings is 1. The number of amides is 2. The molecular weight excluding hydrogens is 358 g/mol. The summed E-state index contributed by atoms with van der Waals surface area (Å²) in [5.74, 6) is 0.125. The molecule has 0 aromatic heterocycles. The Morgan fingerprint density at radius 3 is 2.27 bits per heavy atom. The number of carbonyl (C=O) groups excluding carboxylic acids is 2. The van der Waals surface area contributed by atoms with Gasteiger partial charge in [0, 0.05) is 31.6 Å². The first-order valence-corrected chi connectivity index (χ1v) is 10.9. The molecule has 0 aromatic rings. The van der Waals surface area contributed by atoms with Crippen LogP contribution in [0.15, 0.2) is 0 Å². The van der Waals surface area contributed by atoms with E-state index < -0.39 is 20.9 Å². The fourth-order valence-corrected chi connectivity index (χ4v) is 5.26. The van der Waals surface area contributed by atoms with E-state index in [0.717, 1.165) is 25.7 Å². The van der Waals surface area contributed by atoms with Gasteiger partial charge in [0.1, 0.15) is 10.9 Å². The number of hydrogen-bond donors (Lipinski definition) is 1. The van der Waals surface area contributed by atoms with Crippen molar-refractivity contribution < 1.29 is 22.7 Å². The third-order valence-corrected chi connectivity index (χ3v) is 6.80. The van der Waals surface area contributed by atoms with Gasteiger partial charge < -0.3 is 14.5 Å². The van der Waals surface area contributed by atoms with Crippen molar-refractivity contribution in [1.29, 1.82) is 0 Å². The fraction of sp³-hybridized carbons (Fsp3) is 0.882. The first kappa shape index (κ1) is 19.4. The van der Waals surface area contributed by atoms with Crippen LogP contribution in [0.5, 0.6) is 0 Å². The van der Waals surface area contributed by atoms with Gasteiger partial charge in [0.15, 0.2) is 0 Å². The minimum atomic E-state index is -3.69. The summed E-state index contributed by atoms with van der Waals surface area (Å²) >= 11 is 0. The van der Waals surface area contributed by atoms with E-state index in [1.807, 2.05) is 25.7 Å². The quantitative estimate of drug-likeness (QED) is 0.778. The van der Waals surface area contributed by atoms with Gasteiger partial charge in [-0.1, -0.05) is 0 Å². The highest BCUT2D eigenvalue weighted by molar-refractivity contribution is 7.89. The minimum absolute atomic E-state index is 0.0254. The van der Waals surface area contributed by atoms with E-state index in [-0.39, 0.29) is 43.0 Å². The minimum Gasteiger partial charge on any atom is -0.444 e. The van der Waals surface area contributed by atoms with Crippen LogP contribution in [0.3, 0.4) is 0 Å². The van der Waals surface area contributed by atoms with Gasteiger partial charge in [0.05, 0.1) is 0 Å². The van der Waals surface area contributed by atoms with Crippen LogP contribution in [0.1, 0.15) is 52.9 Å². The van der Waals surface area contributed by atoms with Crippen molar-refractivity contribution in [2.75, 3.05) is 13.1 Å². The lowest BCUT2D eigenvalue weighted by Gasteiger charge is -2.40. The Labute approximate surface area is 155 Å². The molecule has 3 heterocycles. The van der Waals surface area contributed by atoms with Gasteiger partial charge in [-0.15, -0.1) is 0 Å². The maximum absolute atomic E-state index is 12.5. The topological polar surface area (TPSA) is 110 Å². The first-order valence-electron chi connectivity index (χ1n) is 9.25. The second-order valence-electron chi connectivity index (χ2n) is 8.82. The molecular formula is C17H29N3O5S. The molecule has 9 heteroatoms. The molecule has 3 aliphatic heterocycles. The largest absolute Gasteiger partial charge is 0.444 e. The molecule has 3 fully saturated rings. The van der Waals surface area contributed by atoms with Crippen molar-refractivity contribution in [3.8, 4) is 0 Å². The van der Waals surface area contributed by atoms with E-state index >= 15 is 0 Å². The van der Waals surface area contributed by atoms with Crippen molar-refractivity contribution in [3.63, 3.8) is 0 Å². The van der Waals surface area contributed by atoms with Crippen LogP contribution >= 0.6 is 0 Å². The molecule has 2 unspecified atom stereocenters. The predicted octanol–water partition coefficient (Wildman–Crippen LogP) is 1.05. The maximum atomic E-state index is 12.5. The molecule has 0 saturated carbocycles. The van der Waals surface area contributed by atoms with Crippen LogP contribution in [0.2, 0.25) is 0 Å². The Bertz CT molecular complexity index is 673. The molecule has 3 aliphatic rings. The third-order valence-electron chi connectivity index (χ3n) is 5.56. The van der Waals surface area contributed by atoms with Crippen LogP contribution < -0.4 is 5.14 Å². The van der Waals surface area contributed by atoms with Gasteiger partial charge in [-0.05, 0) is 52.4 Å². The van der Waals surface area contributed by atoms with Crippen molar-refractivity contribution >= 4 is 22.0 Å². The lowest BCUT2D eigenvalue weighted by Crippen LogP contribution is -2.50. The molecule has 8 nitrogen and oxygen atoms in total. The summed E-state index contributed by atoms with van der Waals surface area (Å²) in [6, 6.07) is 0.278. The summed E-state index contributed by atoms with van der Waals surface area (Å²) in [6.45, 7) is 6.31. The van der Waals surface area contributed by atoms with E-state index in [0.29, 0.717) is 6.54 Å². The van der Waals surface area contributed by atoms with Gasteiger partial charge in [-0.2, -0.15) is 0 Å². The van der Waals surface area contributed by atoms with Crippen LogP contribution in [0.4, 0.5) is 4.79 Å². The molecule has 0 aliphatic carbocycles. The highest BCUT2D eigenvalue weighted by Gasteiger charge is 2.46. The summed E-state index contributed by atoms with van der Waals surface area (Å²) in [5, 5.41) is 4.39. The van der Waals surface area contributed by atoms with Crippen LogP contribution in [-0.4, -0.2) is 66.2 Å². The van der Waals surface area contributed by atoms with Gasteiger partial charge in [0.25, 0.3) is 0 Å². The van der Waals surface area contributed by atoms with Gasteiger partial charge in [-0.25, -0.2) is 18.4 Å². The zero-order chi connectivity index (χ0) is 19.3. The van der Waals surface area contributed by atoms with E-state index in [2.05, 4.69) is 0 Å². The van der Waals surface area contributed by atoms with Gasteiger partial charge in [0.2, 0.25) is 15.9 Å². The molecule has 3 rings (SSSR count). The average Bonchev–Trinajstić information content (AvgIpc) is 2.96. The second kappa shape index (κ2) is 6.67. The molecule has 2 N–H and O–H groups in total. The number of nitrogens with zero attached hydrogens (tertiary/aromatic N) is 2. The number of fused-ring (bicyclic) bond motifs is 2. The summed E-state index contributed by atoms with van der Waals surface area (Å²) < 4.78 is 28.5. The van der Waals surface area contributed by atoms with Crippen molar-refractivity contribution in [3.05, 3.63) is 0 Å². The molecule has 2 bridgehead atoms. The highest BCUT2D eigenvalue weighted by atomic mass is 32.2. The molecule has 2 amide bonds. The molecule has 26 heavy (non-hydrogen) atoms. The maximum Gasteiger partial charge on any atom is 0.410 e. The second-order valence-corrected chi connectivity index (χ2v) is 10.7. The van der Waals surface area contributed by atoms with Crippen LogP contribution in [-0.2, 0) is 19.6 Å². The number of sulfonamides is 1. The number of likely N-dealkylation sites (tertiary alicyclic amines) is 1. The normalized spacial score (nSPS) is 32.2. The monoisotopic (exact) mass is 387 g/mol. The first-order chi connectivity index (χ1) is 11.9. The van der Waals surface area contributed by atoms with E-state index in [4.69, 9.17) is 9.88 Å². The Morgan fingerprint density at radius 2 is 1.81 bits per heavy atom. The molecule has 3 saturated heterocycles. The van der Waals surface area contributed by atoms with E-state index in [9.17, 15) is 18.0 Å². The van der Waals surface area contributed by atoms with Crippen molar-refractivity contribution in [1.82, 2.24) is 9.80 Å². The van der Waals surface area contributed by atoms with Gasteiger partial charge >= 0.3 is 6.09 Å². The van der Waals surface area contributed by atoms with Crippen LogP contribution in [0, 0.1) is 5.92 Å². The third kappa shape index (κ3) is 4.14. The molecule has 0 aromatic carbocycles. The van der Waals surface area contributed by atoms with Crippen molar-refractivity contribution in [2.24, 2.45) is 11.1 Å². The lowest BCUT2D eigenvalue weighted by molar-refractivity contribution is -0.128. The van der Waals surface area contributed by atoms with Crippen LogP contribution in [0.25, 0.3) is 0 Å². The highest BCUT2D eigenvalue weighted by Crippen LogP contribution is 2.40. The smallest absolute Gasteiger partial charge is 0.410 e. The zero-order valence-corrected chi connectivity index (χ0v) is 16.5. The number of ether oxygens (including phenoxy) is 1. The Hall–Kier alpha value is -1.35. The Balaban J connectivity index is 1.60. The molecule has 4 atom stereocenters. The number of nitrogens with two attached hydrogens (primary N) is 1. The summed E-state index contributed by atoms with van der Waals surface area (Å²) in [4.78, 5) is 28.1. The Morgan fingerprint density at radius 1 is 1.23 bits per heavy atom. The van der Waals surface area contributed by atoms with E-state index in [1.165, 1.54) is 0 Å². The number of rotatable bonds is 3.